The molecule has 2 aromatic rings. The molecule has 0 aliphatic rings. The van der Waals surface area contributed by atoms with Crippen LogP contribution < -0.4 is 19.1 Å². The van der Waals surface area contributed by atoms with Crippen LogP contribution in [0.4, 0.5) is 10.1 Å². The van der Waals surface area contributed by atoms with Gasteiger partial charge in [-0.15, -0.1) is 0 Å². The third-order valence-corrected chi connectivity index (χ3v) is 6.68. The van der Waals surface area contributed by atoms with Gasteiger partial charge in [0.05, 0.1) is 26.2 Å². The molecule has 0 saturated heterocycles. The van der Waals surface area contributed by atoms with Gasteiger partial charge < -0.3 is 19.7 Å². The van der Waals surface area contributed by atoms with E-state index < -0.39 is 34.3 Å². The van der Waals surface area contributed by atoms with Gasteiger partial charge in [-0.2, -0.15) is 0 Å². The molecule has 36 heavy (non-hydrogen) atoms. The number of hydrogen-bond acceptors (Lipinski definition) is 6. The van der Waals surface area contributed by atoms with E-state index in [-0.39, 0.29) is 18.1 Å². The van der Waals surface area contributed by atoms with Crippen LogP contribution in [0, 0.1) is 5.82 Å². The molecule has 0 saturated carbocycles. The molecule has 1 N–H and O–H groups in total. The van der Waals surface area contributed by atoms with E-state index in [1.165, 1.54) is 55.5 Å². The number of nitrogens with one attached hydrogen (secondary N) is 1. The van der Waals surface area contributed by atoms with Gasteiger partial charge >= 0.3 is 0 Å². The molecule has 9 nitrogen and oxygen atoms in total. The van der Waals surface area contributed by atoms with Crippen molar-refractivity contribution in [2.75, 3.05) is 37.9 Å². The number of sulfonamides is 1. The van der Waals surface area contributed by atoms with Crippen LogP contribution in [0.15, 0.2) is 42.5 Å². The Morgan fingerprint density at radius 2 is 1.67 bits per heavy atom. The maximum absolute atomic E-state index is 13.6. The van der Waals surface area contributed by atoms with Gasteiger partial charge in [-0.3, -0.25) is 13.9 Å². The fraction of sp³-hybridized carbons (Fsp3) is 0.440. The van der Waals surface area contributed by atoms with E-state index >= 15 is 0 Å². The van der Waals surface area contributed by atoms with Crippen molar-refractivity contribution in [3.05, 3.63) is 53.8 Å². The minimum Gasteiger partial charge on any atom is -0.493 e. The molecule has 2 amide bonds. The van der Waals surface area contributed by atoms with Crippen LogP contribution in [0.3, 0.4) is 0 Å². The minimum absolute atomic E-state index is 0.000695. The number of carbonyl (C=O) groups is 2. The SMILES string of the molecule is CCCNC(=O)[C@@H](CC)N(Cc1ccc(F)cc1)C(=O)CN(c1ccc(OC)c(OC)c1)S(C)(=O)=O. The van der Waals surface area contributed by atoms with E-state index in [9.17, 15) is 22.4 Å². The summed E-state index contributed by atoms with van der Waals surface area (Å²) < 4.78 is 50.3. The molecule has 0 radical (unpaired) electrons. The predicted octanol–water partition coefficient (Wildman–Crippen LogP) is 2.94. The molecule has 0 bridgehead atoms. The number of anilines is 1. The lowest BCUT2D eigenvalue weighted by Gasteiger charge is -2.33. The normalized spacial score (nSPS) is 11.9. The second-order valence-corrected chi connectivity index (χ2v) is 10.1. The van der Waals surface area contributed by atoms with Crippen molar-refractivity contribution < 1.29 is 31.9 Å². The maximum atomic E-state index is 13.6. The predicted molar refractivity (Wildman–Crippen MR) is 136 cm³/mol. The number of benzene rings is 2. The Hall–Kier alpha value is -3.34. The summed E-state index contributed by atoms with van der Waals surface area (Å²) in [5.41, 5.74) is 0.803. The Balaban J connectivity index is 2.46. The Morgan fingerprint density at radius 3 is 2.19 bits per heavy atom. The molecule has 2 rings (SSSR count). The molecule has 0 aliphatic heterocycles. The van der Waals surface area contributed by atoms with Gasteiger partial charge in [0, 0.05) is 19.2 Å². The quantitative estimate of drug-likeness (QED) is 0.433. The number of carbonyl (C=O) groups excluding carboxylic acids is 2. The van der Waals surface area contributed by atoms with Gasteiger partial charge in [-0.25, -0.2) is 12.8 Å². The number of methoxy groups -OCH3 is 2. The highest BCUT2D eigenvalue weighted by Gasteiger charge is 2.32. The second-order valence-electron chi connectivity index (χ2n) is 8.17. The first-order chi connectivity index (χ1) is 17.0. The van der Waals surface area contributed by atoms with Crippen LogP contribution in [0.25, 0.3) is 0 Å². The number of rotatable bonds is 13. The van der Waals surface area contributed by atoms with Gasteiger partial charge in [0.25, 0.3) is 0 Å². The van der Waals surface area contributed by atoms with Crippen LogP contribution in [0.5, 0.6) is 11.5 Å². The van der Waals surface area contributed by atoms with Crippen LogP contribution in [-0.2, 0) is 26.2 Å². The maximum Gasteiger partial charge on any atom is 0.244 e. The first kappa shape index (κ1) is 28.9. The molecule has 1 atom stereocenters. The van der Waals surface area contributed by atoms with E-state index in [2.05, 4.69) is 5.32 Å². The summed E-state index contributed by atoms with van der Waals surface area (Å²) >= 11 is 0. The molecule has 11 heteroatoms. The fourth-order valence-electron chi connectivity index (χ4n) is 3.67. The highest BCUT2D eigenvalue weighted by atomic mass is 32.2. The Labute approximate surface area is 212 Å². The fourth-order valence-corrected chi connectivity index (χ4v) is 4.51. The third-order valence-electron chi connectivity index (χ3n) is 5.54. The number of halogens is 1. The second kappa shape index (κ2) is 13.1. The van der Waals surface area contributed by atoms with E-state index in [0.29, 0.717) is 30.0 Å². The molecular weight excluding hydrogens is 489 g/mol. The standard InChI is InChI=1S/C25H34FN3O6S/c1-6-14-27-25(31)21(7-2)28(16-18-8-10-19(26)11-9-18)24(30)17-29(36(5,32)33)20-12-13-22(34-3)23(15-20)35-4/h8-13,15,21H,6-7,14,16-17H2,1-5H3,(H,27,31)/t21-/m1/s1. The molecule has 198 valence electrons. The molecule has 0 heterocycles. The van der Waals surface area contributed by atoms with Crippen LogP contribution in [0.2, 0.25) is 0 Å². The smallest absolute Gasteiger partial charge is 0.244 e. The van der Waals surface area contributed by atoms with Crippen molar-refractivity contribution >= 4 is 27.5 Å². The molecule has 0 aromatic heterocycles. The topological polar surface area (TPSA) is 105 Å². The highest BCUT2D eigenvalue weighted by Crippen LogP contribution is 2.32. The van der Waals surface area contributed by atoms with Crippen molar-refractivity contribution in [1.82, 2.24) is 10.2 Å². The zero-order valence-corrected chi connectivity index (χ0v) is 22.1. The van der Waals surface area contributed by atoms with Crippen molar-refractivity contribution in [3.8, 4) is 11.5 Å². The van der Waals surface area contributed by atoms with E-state index in [4.69, 9.17) is 9.47 Å². The van der Waals surface area contributed by atoms with E-state index in [1.54, 1.807) is 13.0 Å². The van der Waals surface area contributed by atoms with Crippen LogP contribution in [0.1, 0.15) is 32.3 Å². The molecular formula is C25H34FN3O6S. The molecule has 2 aromatic carbocycles. The van der Waals surface area contributed by atoms with Gasteiger partial charge in [0.15, 0.2) is 11.5 Å². The number of hydrogen-bond donors (Lipinski definition) is 1. The summed E-state index contributed by atoms with van der Waals surface area (Å²) in [5, 5.41) is 2.80. The molecule has 0 spiro atoms. The zero-order chi connectivity index (χ0) is 26.9. The highest BCUT2D eigenvalue weighted by molar-refractivity contribution is 7.92. The molecule has 0 aliphatic carbocycles. The van der Waals surface area contributed by atoms with Crippen molar-refractivity contribution in [3.63, 3.8) is 0 Å². The van der Waals surface area contributed by atoms with Crippen molar-refractivity contribution in [2.45, 2.75) is 39.3 Å². The lowest BCUT2D eigenvalue weighted by atomic mass is 10.1. The van der Waals surface area contributed by atoms with Gasteiger partial charge in [0.2, 0.25) is 21.8 Å². The molecule has 0 unspecified atom stereocenters. The van der Waals surface area contributed by atoms with E-state index in [0.717, 1.165) is 17.0 Å². The summed E-state index contributed by atoms with van der Waals surface area (Å²) in [6, 6.07) is 9.24. The van der Waals surface area contributed by atoms with Gasteiger partial charge in [-0.05, 0) is 42.7 Å². The number of ether oxygens (including phenoxy) is 2. The lowest BCUT2D eigenvalue weighted by Crippen LogP contribution is -2.52. The monoisotopic (exact) mass is 523 g/mol. The Bertz CT molecular complexity index is 1140. The summed E-state index contributed by atoms with van der Waals surface area (Å²) in [5.74, 6) is -0.659. The number of nitrogens with zero attached hydrogens (tertiary/aromatic N) is 2. The van der Waals surface area contributed by atoms with Crippen LogP contribution >= 0.6 is 0 Å². The zero-order valence-electron chi connectivity index (χ0n) is 21.3. The largest absolute Gasteiger partial charge is 0.493 e. The Morgan fingerprint density at radius 1 is 1.03 bits per heavy atom. The number of amides is 2. The van der Waals surface area contributed by atoms with Crippen LogP contribution in [-0.4, -0.2) is 64.7 Å². The van der Waals surface area contributed by atoms with E-state index in [1.807, 2.05) is 6.92 Å². The average Bonchev–Trinajstić information content (AvgIpc) is 2.85. The summed E-state index contributed by atoms with van der Waals surface area (Å²) in [6.07, 6.45) is 2.01. The minimum atomic E-state index is -3.90. The third kappa shape index (κ3) is 7.58. The van der Waals surface area contributed by atoms with Gasteiger partial charge in [-0.1, -0.05) is 26.0 Å². The van der Waals surface area contributed by atoms with Crippen molar-refractivity contribution in [1.29, 1.82) is 0 Å². The first-order valence-electron chi connectivity index (χ1n) is 11.6. The van der Waals surface area contributed by atoms with Gasteiger partial charge in [0.1, 0.15) is 18.4 Å². The summed E-state index contributed by atoms with van der Waals surface area (Å²) in [6.45, 7) is 3.57. The summed E-state index contributed by atoms with van der Waals surface area (Å²) in [4.78, 5) is 27.8. The van der Waals surface area contributed by atoms with Crippen molar-refractivity contribution in [2.24, 2.45) is 0 Å². The average molecular weight is 524 g/mol. The molecule has 0 fully saturated rings. The Kier molecular flexibility index (Phi) is 10.5. The summed E-state index contributed by atoms with van der Waals surface area (Å²) in [7, 11) is -1.02. The lowest BCUT2D eigenvalue weighted by molar-refractivity contribution is -0.140. The first-order valence-corrected chi connectivity index (χ1v) is 13.4.